The molecule has 0 spiro atoms. The summed E-state index contributed by atoms with van der Waals surface area (Å²) < 4.78 is 7.95. The van der Waals surface area contributed by atoms with E-state index in [0.717, 1.165) is 31.3 Å². The number of halogens is 1. The van der Waals surface area contributed by atoms with Gasteiger partial charge in [-0.2, -0.15) is 5.10 Å². The Morgan fingerprint density at radius 1 is 1.10 bits per heavy atom. The molecule has 1 aromatic heterocycles. The molecule has 0 saturated heterocycles. The minimum atomic E-state index is 0.191. The normalized spacial score (nSPS) is 12.3. The van der Waals surface area contributed by atoms with Crippen LogP contribution >= 0.6 is 27.3 Å². The topological polar surface area (TPSA) is 59.1 Å². The van der Waals surface area contributed by atoms with Gasteiger partial charge in [0.1, 0.15) is 5.75 Å². The molecule has 1 N–H and O–H groups in total. The smallest absolute Gasteiger partial charge is 0.206 e. The number of thiazole rings is 1. The van der Waals surface area contributed by atoms with Crippen molar-refractivity contribution in [3.05, 3.63) is 80.9 Å². The molecule has 7 heteroatoms. The lowest BCUT2D eigenvalue weighted by molar-refractivity contribution is 0.207. The summed E-state index contributed by atoms with van der Waals surface area (Å²) in [5.74, 6) is 0.191. The number of phenols is 1. The van der Waals surface area contributed by atoms with Crippen molar-refractivity contribution in [3.8, 4) is 17.0 Å². The van der Waals surface area contributed by atoms with Crippen molar-refractivity contribution in [2.75, 3.05) is 20.3 Å². The second-order valence-corrected chi connectivity index (χ2v) is 8.31. The maximum Gasteiger partial charge on any atom is 0.206 e. The maximum atomic E-state index is 10.5. The number of hydrogen-bond donors (Lipinski definition) is 1. The number of benzene rings is 3. The molecule has 4 rings (SSSR count). The van der Waals surface area contributed by atoms with Gasteiger partial charge in [-0.3, -0.25) is 4.99 Å². The Labute approximate surface area is 186 Å². The van der Waals surface area contributed by atoms with Crippen LogP contribution in [0.2, 0.25) is 0 Å². The molecule has 4 aromatic rings. The molecular weight excluding hydrogens is 462 g/mol. The van der Waals surface area contributed by atoms with E-state index >= 15 is 0 Å². The van der Waals surface area contributed by atoms with Crippen LogP contribution in [0.1, 0.15) is 5.56 Å². The zero-order valence-corrected chi connectivity index (χ0v) is 18.7. The number of methoxy groups -OCH3 is 1. The van der Waals surface area contributed by atoms with E-state index in [1.807, 2.05) is 64.7 Å². The number of ether oxygens (including phenoxy) is 1. The molecule has 152 valence electrons. The first-order chi connectivity index (χ1) is 14.7. The molecule has 0 atom stereocenters. The molecule has 0 bridgehead atoms. The summed E-state index contributed by atoms with van der Waals surface area (Å²) >= 11 is 5.00. The third-order valence-corrected chi connectivity index (χ3v) is 6.00. The van der Waals surface area contributed by atoms with Crippen LogP contribution in [-0.4, -0.2) is 36.3 Å². The van der Waals surface area contributed by atoms with Crippen LogP contribution in [-0.2, 0) is 4.74 Å². The quantitative estimate of drug-likeness (QED) is 0.301. The minimum Gasteiger partial charge on any atom is -0.507 e. The fraction of sp³-hybridized carbons (Fsp3) is 0.130. The summed E-state index contributed by atoms with van der Waals surface area (Å²) in [4.78, 5) is 5.39. The lowest BCUT2D eigenvalue weighted by atomic mass is 10.0. The first kappa shape index (κ1) is 20.5. The van der Waals surface area contributed by atoms with Crippen molar-refractivity contribution in [2.45, 2.75) is 0 Å². The van der Waals surface area contributed by atoms with Crippen LogP contribution in [0.4, 0.5) is 0 Å². The number of aromatic nitrogens is 1. The van der Waals surface area contributed by atoms with Crippen molar-refractivity contribution < 1.29 is 9.84 Å². The van der Waals surface area contributed by atoms with Crippen LogP contribution in [0.5, 0.6) is 5.75 Å². The van der Waals surface area contributed by atoms with Gasteiger partial charge >= 0.3 is 0 Å². The van der Waals surface area contributed by atoms with Gasteiger partial charge in [-0.25, -0.2) is 4.68 Å². The molecule has 0 unspecified atom stereocenters. The summed E-state index contributed by atoms with van der Waals surface area (Å²) in [6.07, 6.45) is 1.70. The molecule has 0 radical (unpaired) electrons. The van der Waals surface area contributed by atoms with Gasteiger partial charge in [0.25, 0.3) is 0 Å². The largest absolute Gasteiger partial charge is 0.507 e. The monoisotopic (exact) mass is 481 g/mol. The van der Waals surface area contributed by atoms with Crippen LogP contribution < -0.4 is 4.80 Å². The van der Waals surface area contributed by atoms with E-state index in [-0.39, 0.29) is 5.75 Å². The molecule has 0 saturated carbocycles. The predicted octanol–water partition coefficient (Wildman–Crippen LogP) is 5.27. The maximum absolute atomic E-state index is 10.5. The van der Waals surface area contributed by atoms with E-state index < -0.39 is 0 Å². The number of fused-ring (bicyclic) bond motifs is 1. The Bertz CT molecular complexity index is 1260. The third kappa shape index (κ3) is 4.38. The number of phenolic OH excluding ortho intramolecular Hbond substituents is 1. The molecule has 30 heavy (non-hydrogen) atoms. The van der Waals surface area contributed by atoms with Crippen molar-refractivity contribution in [2.24, 2.45) is 10.1 Å². The molecule has 3 aromatic carbocycles. The molecule has 5 nitrogen and oxygen atoms in total. The van der Waals surface area contributed by atoms with E-state index in [2.05, 4.69) is 20.9 Å². The second kappa shape index (κ2) is 9.38. The van der Waals surface area contributed by atoms with Gasteiger partial charge in [-0.15, -0.1) is 11.3 Å². The van der Waals surface area contributed by atoms with Crippen molar-refractivity contribution >= 4 is 44.3 Å². The highest BCUT2D eigenvalue weighted by Gasteiger charge is 2.09. The summed E-state index contributed by atoms with van der Waals surface area (Å²) in [5.41, 5.74) is 2.64. The summed E-state index contributed by atoms with van der Waals surface area (Å²) in [5, 5.41) is 19.2. The summed E-state index contributed by atoms with van der Waals surface area (Å²) in [7, 11) is 1.66. The highest BCUT2D eigenvalue weighted by atomic mass is 79.9. The lowest BCUT2D eigenvalue weighted by Crippen LogP contribution is -2.13. The van der Waals surface area contributed by atoms with Crippen LogP contribution in [0.3, 0.4) is 0 Å². The van der Waals surface area contributed by atoms with E-state index in [4.69, 9.17) is 9.84 Å². The van der Waals surface area contributed by atoms with Crippen LogP contribution in [0, 0.1) is 0 Å². The van der Waals surface area contributed by atoms with Gasteiger partial charge < -0.3 is 9.84 Å². The zero-order chi connectivity index (χ0) is 20.9. The molecule has 0 fully saturated rings. The SMILES string of the molecule is COCCN=c1scc(-c2ccc(Br)cc2)n1N=Cc1c(O)ccc2ccccc12. The van der Waals surface area contributed by atoms with E-state index in [9.17, 15) is 5.11 Å². The third-order valence-electron chi connectivity index (χ3n) is 4.62. The average Bonchev–Trinajstić information content (AvgIpc) is 3.16. The van der Waals surface area contributed by atoms with Gasteiger partial charge in [-0.05, 0) is 29.0 Å². The van der Waals surface area contributed by atoms with E-state index in [1.165, 1.54) is 11.3 Å². The molecule has 0 amide bonds. The van der Waals surface area contributed by atoms with Gasteiger partial charge in [0.2, 0.25) is 4.80 Å². The summed E-state index contributed by atoms with van der Waals surface area (Å²) in [6.45, 7) is 1.09. The minimum absolute atomic E-state index is 0.191. The summed E-state index contributed by atoms with van der Waals surface area (Å²) in [6, 6.07) is 19.6. The highest BCUT2D eigenvalue weighted by molar-refractivity contribution is 9.10. The Hall–Kier alpha value is -2.74. The number of nitrogens with zero attached hydrogens (tertiary/aromatic N) is 3. The van der Waals surface area contributed by atoms with E-state index in [1.54, 1.807) is 19.4 Å². The Kier molecular flexibility index (Phi) is 6.42. The average molecular weight is 482 g/mol. The molecule has 1 heterocycles. The second-order valence-electron chi connectivity index (χ2n) is 6.56. The van der Waals surface area contributed by atoms with Gasteiger partial charge in [0.15, 0.2) is 0 Å². The van der Waals surface area contributed by atoms with Gasteiger partial charge in [0.05, 0.1) is 25.1 Å². The number of rotatable bonds is 6. The van der Waals surface area contributed by atoms with Crippen LogP contribution in [0.25, 0.3) is 22.0 Å². The van der Waals surface area contributed by atoms with Gasteiger partial charge in [0, 0.05) is 28.1 Å². The van der Waals surface area contributed by atoms with Gasteiger partial charge in [-0.1, -0.05) is 58.4 Å². The fourth-order valence-electron chi connectivity index (χ4n) is 3.11. The molecular formula is C23H20BrN3O2S. The molecule has 0 aliphatic carbocycles. The molecule has 0 aliphatic rings. The first-order valence-electron chi connectivity index (χ1n) is 9.38. The lowest BCUT2D eigenvalue weighted by Gasteiger charge is -2.06. The number of hydrogen-bond acceptors (Lipinski definition) is 5. The van der Waals surface area contributed by atoms with Crippen molar-refractivity contribution in [1.29, 1.82) is 0 Å². The van der Waals surface area contributed by atoms with E-state index in [0.29, 0.717) is 18.7 Å². The fourth-order valence-corrected chi connectivity index (χ4v) is 4.23. The zero-order valence-electron chi connectivity index (χ0n) is 16.3. The number of aromatic hydroxyl groups is 1. The highest BCUT2D eigenvalue weighted by Crippen LogP contribution is 2.26. The van der Waals surface area contributed by atoms with Crippen LogP contribution in [0.15, 0.2) is 80.6 Å². The first-order valence-corrected chi connectivity index (χ1v) is 11.1. The molecule has 0 aliphatic heterocycles. The Morgan fingerprint density at radius 3 is 2.70 bits per heavy atom. The Balaban J connectivity index is 1.83. The van der Waals surface area contributed by atoms with Crippen molar-refractivity contribution in [1.82, 2.24) is 4.68 Å². The Morgan fingerprint density at radius 2 is 1.90 bits per heavy atom. The van der Waals surface area contributed by atoms with Crippen molar-refractivity contribution in [3.63, 3.8) is 0 Å². The predicted molar refractivity (Wildman–Crippen MR) is 126 cm³/mol. The standard InChI is InChI=1S/C23H20BrN3O2S/c1-29-13-12-25-23-27(21(15-30-23)17-6-9-18(24)10-7-17)26-14-20-19-5-3-2-4-16(19)8-11-22(20)28/h2-11,14-15,28H,12-13H2,1H3.